The van der Waals surface area contributed by atoms with Gasteiger partial charge in [0.05, 0.1) is 24.0 Å². The van der Waals surface area contributed by atoms with Gasteiger partial charge in [0.25, 0.3) is 5.91 Å². The summed E-state index contributed by atoms with van der Waals surface area (Å²) < 4.78 is 33.5. The van der Waals surface area contributed by atoms with Crippen LogP contribution in [0.5, 0.6) is 0 Å². The van der Waals surface area contributed by atoms with Gasteiger partial charge in [-0.3, -0.25) is 14.6 Å². The van der Waals surface area contributed by atoms with Crippen LogP contribution in [0.3, 0.4) is 0 Å². The molecular formula is C39H42F3N9O6. The smallest absolute Gasteiger partial charge is 0.475 e. The molecule has 15 nitrogen and oxygen atoms in total. The normalized spacial score (nSPS) is 20.5. The number of nitrogens with zero attached hydrogens (tertiary/aromatic N) is 6. The van der Waals surface area contributed by atoms with Crippen LogP contribution < -0.4 is 20.9 Å². The molecule has 1 saturated heterocycles. The quantitative estimate of drug-likeness (QED) is 0.113. The van der Waals surface area contributed by atoms with Gasteiger partial charge in [-0.05, 0) is 36.1 Å². The van der Waals surface area contributed by atoms with Gasteiger partial charge in [0, 0.05) is 50.4 Å². The molecule has 18 heteroatoms. The van der Waals surface area contributed by atoms with Crippen molar-refractivity contribution in [2.24, 2.45) is 0 Å². The number of aliphatic hydroxyl groups excluding tert-OH is 2. The number of nitrogens with one attached hydrogen (secondary N) is 3. The fourth-order valence-corrected chi connectivity index (χ4v) is 6.97. The van der Waals surface area contributed by atoms with Crippen molar-refractivity contribution in [1.29, 1.82) is 0 Å². The number of carboxylic acids is 1. The second kappa shape index (κ2) is 17.8. The van der Waals surface area contributed by atoms with Crippen LogP contribution in [0.4, 0.5) is 24.9 Å². The van der Waals surface area contributed by atoms with Gasteiger partial charge in [0.2, 0.25) is 11.9 Å². The summed E-state index contributed by atoms with van der Waals surface area (Å²) in [5.74, 6) is -2.13. The first-order chi connectivity index (χ1) is 27.3. The Morgan fingerprint density at radius 2 is 1.60 bits per heavy atom. The molecule has 300 valence electrons. The predicted molar refractivity (Wildman–Crippen MR) is 202 cm³/mol. The zero-order valence-electron chi connectivity index (χ0n) is 30.8. The van der Waals surface area contributed by atoms with Gasteiger partial charge in [0.1, 0.15) is 12.2 Å². The van der Waals surface area contributed by atoms with Crippen LogP contribution in [0.2, 0.25) is 0 Å². The van der Waals surface area contributed by atoms with Crippen LogP contribution in [0.15, 0.2) is 91.5 Å². The van der Waals surface area contributed by atoms with Crippen LogP contribution in [-0.2, 0) is 9.59 Å². The summed E-state index contributed by atoms with van der Waals surface area (Å²) in [7, 11) is 0. The van der Waals surface area contributed by atoms with E-state index < -0.39 is 36.4 Å². The van der Waals surface area contributed by atoms with Gasteiger partial charge in [-0.1, -0.05) is 67.6 Å². The average molecular weight is 790 g/mol. The van der Waals surface area contributed by atoms with Crippen LogP contribution in [0, 0.1) is 0 Å². The molecule has 5 aromatic rings. The first-order valence-corrected chi connectivity index (χ1v) is 18.3. The van der Waals surface area contributed by atoms with Gasteiger partial charge >= 0.3 is 12.1 Å². The molecule has 2 aromatic carbocycles. The highest BCUT2D eigenvalue weighted by molar-refractivity contribution is 5.94. The Balaban J connectivity index is 0.000000719. The lowest BCUT2D eigenvalue weighted by molar-refractivity contribution is -0.192. The van der Waals surface area contributed by atoms with E-state index in [9.17, 15) is 33.0 Å². The number of hydrogen-bond acceptors (Lipinski definition) is 11. The third kappa shape index (κ3) is 9.64. The van der Waals surface area contributed by atoms with Crippen molar-refractivity contribution in [3.05, 3.63) is 108 Å². The molecule has 7 rings (SSSR count). The number of amides is 2. The highest BCUT2D eigenvalue weighted by atomic mass is 19.4. The number of anilines is 2. The second-order valence-electron chi connectivity index (χ2n) is 13.7. The van der Waals surface area contributed by atoms with E-state index in [-0.39, 0.29) is 30.2 Å². The summed E-state index contributed by atoms with van der Waals surface area (Å²) in [4.78, 5) is 54.7. The molecule has 6 N–H and O–H groups in total. The number of alkyl halides is 3. The molecule has 0 spiro atoms. The zero-order valence-corrected chi connectivity index (χ0v) is 30.8. The number of fused-ring (bicyclic) bond motifs is 1. The van der Waals surface area contributed by atoms with Crippen molar-refractivity contribution < 1.29 is 42.9 Å². The molecule has 2 amide bonds. The molecule has 1 aliphatic heterocycles. The standard InChI is InChI=1S/C37H41N9O4.C2HF3O2/c1-2-30(47)42-28-18-29(33(49)32(28)48)46-22-40-31-34(39-20-27(23-10-5-3-6-11-23)24-12-7-4-8-13-24)43-37(44-35(31)46)45-17-15-26(21-45)41-36(50)25-14-9-16-38-19-25;3-2(4,5)1(6)7/h3-14,16,19,22,26-29,32-33,48-49H,2,15,17-18,20-21H2,1H3,(H,41,50)(H,42,47)(H,39,43,44);(H,6,7)/t26-,28+,29-,32-,33+;/m1./s1. The number of benzene rings is 2. The number of aliphatic carboxylic acids is 1. The Labute approximate surface area is 325 Å². The topological polar surface area (TPSA) is 208 Å². The molecule has 1 saturated carbocycles. The van der Waals surface area contributed by atoms with E-state index in [2.05, 4.69) is 45.2 Å². The Morgan fingerprint density at radius 1 is 0.930 bits per heavy atom. The molecule has 0 radical (unpaired) electrons. The zero-order chi connectivity index (χ0) is 40.7. The van der Waals surface area contributed by atoms with Crippen LogP contribution in [0.1, 0.15) is 59.6 Å². The van der Waals surface area contributed by atoms with E-state index in [1.165, 1.54) is 0 Å². The number of aromatic nitrogens is 5. The highest BCUT2D eigenvalue weighted by Crippen LogP contribution is 2.35. The maximum absolute atomic E-state index is 12.9. The minimum Gasteiger partial charge on any atom is -0.475 e. The van der Waals surface area contributed by atoms with Gasteiger partial charge in [-0.15, -0.1) is 0 Å². The summed E-state index contributed by atoms with van der Waals surface area (Å²) >= 11 is 0. The first kappa shape index (κ1) is 40.5. The van der Waals surface area contributed by atoms with Crippen molar-refractivity contribution in [3.8, 4) is 0 Å². The lowest BCUT2D eigenvalue weighted by atomic mass is 9.91. The van der Waals surface area contributed by atoms with E-state index >= 15 is 0 Å². The molecule has 57 heavy (non-hydrogen) atoms. The van der Waals surface area contributed by atoms with Crippen LogP contribution in [-0.4, -0.2) is 108 Å². The Bertz CT molecular complexity index is 2100. The third-order valence-electron chi connectivity index (χ3n) is 9.94. The number of carbonyl (C=O) groups excluding carboxylic acids is 2. The van der Waals surface area contributed by atoms with E-state index in [0.717, 1.165) is 11.1 Å². The molecular weight excluding hydrogens is 747 g/mol. The average Bonchev–Trinajstić information content (AvgIpc) is 3.93. The van der Waals surface area contributed by atoms with Crippen molar-refractivity contribution in [1.82, 2.24) is 35.1 Å². The summed E-state index contributed by atoms with van der Waals surface area (Å²) in [5, 5.41) is 38.7. The van der Waals surface area contributed by atoms with E-state index in [4.69, 9.17) is 24.9 Å². The van der Waals surface area contributed by atoms with E-state index in [1.807, 2.05) is 41.3 Å². The Kier molecular flexibility index (Phi) is 12.6. The van der Waals surface area contributed by atoms with Crippen molar-refractivity contribution in [2.75, 3.05) is 29.9 Å². The molecule has 0 unspecified atom stereocenters. The van der Waals surface area contributed by atoms with Crippen LogP contribution >= 0.6 is 0 Å². The fraction of sp³-hybridized carbons (Fsp3) is 0.359. The number of halogens is 3. The van der Waals surface area contributed by atoms with Gasteiger partial charge in [-0.2, -0.15) is 23.1 Å². The summed E-state index contributed by atoms with van der Waals surface area (Å²) in [5.41, 5.74) is 3.82. The van der Waals surface area contributed by atoms with Gasteiger partial charge < -0.3 is 40.7 Å². The summed E-state index contributed by atoms with van der Waals surface area (Å²) in [6.45, 7) is 3.38. The van der Waals surface area contributed by atoms with E-state index in [0.29, 0.717) is 61.0 Å². The number of hydrogen-bond donors (Lipinski definition) is 6. The fourth-order valence-electron chi connectivity index (χ4n) is 6.97. The number of pyridine rings is 1. The van der Waals surface area contributed by atoms with Crippen molar-refractivity contribution in [3.63, 3.8) is 0 Å². The maximum Gasteiger partial charge on any atom is 0.490 e. The second-order valence-corrected chi connectivity index (χ2v) is 13.7. The predicted octanol–water partition coefficient (Wildman–Crippen LogP) is 3.67. The maximum atomic E-state index is 12.9. The number of aliphatic hydroxyl groups is 2. The summed E-state index contributed by atoms with van der Waals surface area (Å²) in [6, 6.07) is 22.7. The Morgan fingerprint density at radius 3 is 2.19 bits per heavy atom. The lowest BCUT2D eigenvalue weighted by Crippen LogP contribution is -2.42. The first-order valence-electron chi connectivity index (χ1n) is 18.3. The number of carbonyl (C=O) groups is 3. The van der Waals surface area contributed by atoms with Crippen LogP contribution in [0.25, 0.3) is 11.2 Å². The molecule has 2 aliphatic rings. The number of imidazole rings is 1. The van der Waals surface area contributed by atoms with Gasteiger partial charge in [0.15, 0.2) is 17.0 Å². The van der Waals surface area contributed by atoms with Crippen molar-refractivity contribution in [2.45, 2.75) is 68.6 Å². The minimum atomic E-state index is -5.08. The lowest BCUT2D eigenvalue weighted by Gasteiger charge is -2.22. The SMILES string of the molecule is CCC(=O)N[C@H]1C[C@@H](n2cnc3c(NCC(c4ccccc4)c4ccccc4)nc(N4CC[C@@H](NC(=O)c5cccnc5)C4)nc32)[C@H](O)[C@@H]1O.O=C(O)C(F)(F)F. The molecule has 5 atom stereocenters. The van der Waals surface area contributed by atoms with Gasteiger partial charge in [-0.25, -0.2) is 9.78 Å². The largest absolute Gasteiger partial charge is 0.490 e. The summed E-state index contributed by atoms with van der Waals surface area (Å²) in [6.07, 6.45) is -1.31. The molecule has 3 aromatic heterocycles. The molecule has 0 bridgehead atoms. The molecule has 2 fully saturated rings. The Hall–Kier alpha value is -6.14. The van der Waals surface area contributed by atoms with Crippen molar-refractivity contribution >= 4 is 40.7 Å². The molecule has 4 heterocycles. The highest BCUT2D eigenvalue weighted by Gasteiger charge is 2.44. The monoisotopic (exact) mass is 789 g/mol. The third-order valence-corrected chi connectivity index (χ3v) is 9.94. The molecule has 1 aliphatic carbocycles. The van der Waals surface area contributed by atoms with E-state index in [1.54, 1.807) is 42.3 Å². The minimum absolute atomic E-state index is 0.0153. The number of rotatable bonds is 11. The number of carboxylic acid groups (broad SMARTS) is 1.